The monoisotopic (exact) mass is 223 g/mol. The van der Waals surface area contributed by atoms with Crippen LogP contribution in [0.2, 0.25) is 0 Å². The molecule has 0 atom stereocenters. The van der Waals surface area contributed by atoms with E-state index in [1.807, 2.05) is 18.2 Å². The highest BCUT2D eigenvalue weighted by molar-refractivity contribution is 5.59. The van der Waals surface area contributed by atoms with Gasteiger partial charge in [0.15, 0.2) is 0 Å². The molecule has 0 heterocycles. The molecule has 0 unspecified atom stereocenters. The lowest BCUT2D eigenvalue weighted by Crippen LogP contribution is -2.03. The Labute approximate surface area is 97.8 Å². The highest BCUT2D eigenvalue weighted by Gasteiger charge is 2.03. The van der Waals surface area contributed by atoms with E-state index in [-0.39, 0.29) is 0 Å². The molecule has 1 rings (SSSR count). The van der Waals surface area contributed by atoms with Crippen molar-refractivity contribution in [3.05, 3.63) is 18.2 Å². The van der Waals surface area contributed by atoms with Crippen molar-refractivity contribution in [3.63, 3.8) is 0 Å². The van der Waals surface area contributed by atoms with Crippen LogP contribution in [0, 0.1) is 0 Å². The standard InChI is InChI=1S/C13H21NO2/c1-4-5-6-9-14-12-8-7-11(15-2)10-13(12)16-3/h7-8,10,14H,4-6,9H2,1-3H3. The Morgan fingerprint density at radius 1 is 1.12 bits per heavy atom. The summed E-state index contributed by atoms with van der Waals surface area (Å²) < 4.78 is 10.4. The number of anilines is 1. The maximum absolute atomic E-state index is 5.30. The van der Waals surface area contributed by atoms with Crippen molar-refractivity contribution >= 4 is 5.69 Å². The molecule has 1 N–H and O–H groups in total. The lowest BCUT2D eigenvalue weighted by molar-refractivity contribution is 0.395. The highest BCUT2D eigenvalue weighted by atomic mass is 16.5. The van der Waals surface area contributed by atoms with E-state index >= 15 is 0 Å². The molecule has 1 aromatic carbocycles. The second-order valence-electron chi connectivity index (χ2n) is 3.70. The number of hydrogen-bond acceptors (Lipinski definition) is 3. The van der Waals surface area contributed by atoms with Gasteiger partial charge >= 0.3 is 0 Å². The van der Waals surface area contributed by atoms with Gasteiger partial charge in [-0.1, -0.05) is 19.8 Å². The molecule has 0 aliphatic carbocycles. The zero-order valence-corrected chi connectivity index (χ0v) is 10.4. The third-order valence-electron chi connectivity index (χ3n) is 2.50. The Bertz CT molecular complexity index is 313. The van der Waals surface area contributed by atoms with Crippen LogP contribution in [0.25, 0.3) is 0 Å². The van der Waals surface area contributed by atoms with E-state index in [0.717, 1.165) is 23.7 Å². The molecule has 0 bridgehead atoms. The number of rotatable bonds is 7. The Balaban J connectivity index is 2.57. The quantitative estimate of drug-likeness (QED) is 0.719. The van der Waals surface area contributed by atoms with Crippen molar-refractivity contribution < 1.29 is 9.47 Å². The Hall–Kier alpha value is -1.38. The maximum atomic E-state index is 5.30. The number of hydrogen-bond donors (Lipinski definition) is 1. The Kier molecular flexibility index (Phi) is 5.54. The summed E-state index contributed by atoms with van der Waals surface area (Å²) in [5, 5.41) is 3.37. The topological polar surface area (TPSA) is 30.5 Å². The van der Waals surface area contributed by atoms with Gasteiger partial charge in [-0.2, -0.15) is 0 Å². The largest absolute Gasteiger partial charge is 0.497 e. The van der Waals surface area contributed by atoms with Crippen molar-refractivity contribution in [3.8, 4) is 11.5 Å². The second-order valence-corrected chi connectivity index (χ2v) is 3.70. The molecule has 0 fully saturated rings. The first-order valence-corrected chi connectivity index (χ1v) is 5.77. The third-order valence-corrected chi connectivity index (χ3v) is 2.50. The SMILES string of the molecule is CCCCCNc1ccc(OC)cc1OC. The number of nitrogens with one attached hydrogen (secondary N) is 1. The van der Waals surface area contributed by atoms with Crippen molar-refractivity contribution in [2.75, 3.05) is 26.1 Å². The van der Waals surface area contributed by atoms with Crippen LogP contribution in [0.5, 0.6) is 11.5 Å². The van der Waals surface area contributed by atoms with Crippen LogP contribution < -0.4 is 14.8 Å². The van der Waals surface area contributed by atoms with Crippen LogP contribution in [0.1, 0.15) is 26.2 Å². The molecular formula is C13H21NO2. The van der Waals surface area contributed by atoms with Crippen LogP contribution in [0.3, 0.4) is 0 Å². The van der Waals surface area contributed by atoms with Crippen LogP contribution in [0.4, 0.5) is 5.69 Å². The zero-order valence-electron chi connectivity index (χ0n) is 10.4. The smallest absolute Gasteiger partial charge is 0.145 e. The number of ether oxygens (including phenoxy) is 2. The second kappa shape index (κ2) is 6.99. The van der Waals surface area contributed by atoms with Gasteiger partial charge in [-0.25, -0.2) is 0 Å². The van der Waals surface area contributed by atoms with Gasteiger partial charge in [0.05, 0.1) is 19.9 Å². The van der Waals surface area contributed by atoms with Crippen molar-refractivity contribution in [1.29, 1.82) is 0 Å². The Morgan fingerprint density at radius 2 is 1.94 bits per heavy atom. The molecule has 0 aliphatic rings. The zero-order chi connectivity index (χ0) is 11.8. The van der Waals surface area contributed by atoms with Crippen LogP contribution in [-0.4, -0.2) is 20.8 Å². The minimum atomic E-state index is 0.816. The van der Waals surface area contributed by atoms with Gasteiger partial charge in [0.25, 0.3) is 0 Å². The lowest BCUT2D eigenvalue weighted by Gasteiger charge is -2.12. The molecule has 0 saturated carbocycles. The molecule has 1 aromatic rings. The molecule has 0 saturated heterocycles. The van der Waals surface area contributed by atoms with Crippen molar-refractivity contribution in [2.45, 2.75) is 26.2 Å². The first-order chi connectivity index (χ1) is 7.81. The molecule has 3 nitrogen and oxygen atoms in total. The van der Waals surface area contributed by atoms with E-state index < -0.39 is 0 Å². The summed E-state index contributed by atoms with van der Waals surface area (Å²) in [6, 6.07) is 5.82. The third kappa shape index (κ3) is 3.65. The molecule has 0 spiro atoms. The summed E-state index contributed by atoms with van der Waals surface area (Å²) in [5.74, 6) is 1.65. The normalized spacial score (nSPS) is 9.94. The summed E-state index contributed by atoms with van der Waals surface area (Å²) in [4.78, 5) is 0. The number of benzene rings is 1. The molecule has 0 amide bonds. The van der Waals surface area contributed by atoms with Crippen molar-refractivity contribution in [1.82, 2.24) is 0 Å². The first kappa shape index (κ1) is 12.7. The van der Waals surface area contributed by atoms with Gasteiger partial charge < -0.3 is 14.8 Å². The predicted molar refractivity (Wildman–Crippen MR) is 67.6 cm³/mol. The fourth-order valence-corrected chi connectivity index (χ4v) is 1.54. The van der Waals surface area contributed by atoms with Gasteiger partial charge in [0.2, 0.25) is 0 Å². The van der Waals surface area contributed by atoms with E-state index in [1.165, 1.54) is 19.3 Å². The van der Waals surface area contributed by atoms with E-state index in [2.05, 4.69) is 12.2 Å². The first-order valence-electron chi connectivity index (χ1n) is 5.77. The van der Waals surface area contributed by atoms with Crippen LogP contribution >= 0.6 is 0 Å². The summed E-state index contributed by atoms with van der Waals surface area (Å²) in [6.07, 6.45) is 3.68. The average Bonchev–Trinajstić information content (AvgIpc) is 2.34. The predicted octanol–water partition coefficient (Wildman–Crippen LogP) is 3.31. The molecule has 16 heavy (non-hydrogen) atoms. The maximum Gasteiger partial charge on any atom is 0.145 e. The summed E-state index contributed by atoms with van der Waals surface area (Å²) in [7, 11) is 3.33. The molecular weight excluding hydrogens is 202 g/mol. The van der Waals surface area contributed by atoms with Gasteiger partial charge in [-0.15, -0.1) is 0 Å². The number of methoxy groups -OCH3 is 2. The van der Waals surface area contributed by atoms with E-state index in [9.17, 15) is 0 Å². The minimum Gasteiger partial charge on any atom is -0.497 e. The molecule has 0 aliphatic heterocycles. The van der Waals surface area contributed by atoms with Crippen molar-refractivity contribution in [2.24, 2.45) is 0 Å². The number of unbranched alkanes of at least 4 members (excludes halogenated alkanes) is 2. The van der Waals surface area contributed by atoms with Crippen LogP contribution in [-0.2, 0) is 0 Å². The molecule has 90 valence electrons. The minimum absolute atomic E-state index is 0.816. The van der Waals surface area contributed by atoms with Gasteiger partial charge in [-0.3, -0.25) is 0 Å². The van der Waals surface area contributed by atoms with Gasteiger partial charge in [0, 0.05) is 12.6 Å². The molecule has 3 heteroatoms. The summed E-state index contributed by atoms with van der Waals surface area (Å²) in [6.45, 7) is 3.19. The fraction of sp³-hybridized carbons (Fsp3) is 0.538. The van der Waals surface area contributed by atoms with E-state index in [0.29, 0.717) is 0 Å². The fourth-order valence-electron chi connectivity index (χ4n) is 1.54. The van der Waals surface area contributed by atoms with Gasteiger partial charge in [-0.05, 0) is 18.6 Å². The van der Waals surface area contributed by atoms with Gasteiger partial charge in [0.1, 0.15) is 11.5 Å². The lowest BCUT2D eigenvalue weighted by atomic mass is 10.2. The average molecular weight is 223 g/mol. The summed E-state index contributed by atoms with van der Waals surface area (Å²) in [5.41, 5.74) is 1.03. The summed E-state index contributed by atoms with van der Waals surface area (Å²) >= 11 is 0. The molecule has 0 aromatic heterocycles. The molecule has 0 radical (unpaired) electrons. The van der Waals surface area contributed by atoms with Crippen LogP contribution in [0.15, 0.2) is 18.2 Å². The van der Waals surface area contributed by atoms with E-state index in [1.54, 1.807) is 14.2 Å². The van der Waals surface area contributed by atoms with E-state index in [4.69, 9.17) is 9.47 Å². The highest BCUT2D eigenvalue weighted by Crippen LogP contribution is 2.28. The Morgan fingerprint density at radius 3 is 2.56 bits per heavy atom.